The molecule has 1 unspecified atom stereocenters. The van der Waals surface area contributed by atoms with Crippen LogP contribution in [0.5, 0.6) is 0 Å². The van der Waals surface area contributed by atoms with Crippen LogP contribution in [0.15, 0.2) is 23.2 Å². The summed E-state index contributed by atoms with van der Waals surface area (Å²) in [6.45, 7) is 2.75. The van der Waals surface area contributed by atoms with Gasteiger partial charge in [0, 0.05) is 25.8 Å². The summed E-state index contributed by atoms with van der Waals surface area (Å²) < 4.78 is 26.8. The summed E-state index contributed by atoms with van der Waals surface area (Å²) in [5.41, 5.74) is 6.11. The summed E-state index contributed by atoms with van der Waals surface area (Å²) in [7, 11) is -1.42. The standard InChI is InChI=1S/C12H20N4O2S/c1-16-5-4-10(9-16)7-15-19(17,18)12-3-2-11(6-13)14-8-12/h2-3,8,10,15H,4-7,9,13H2,1H3. The zero-order valence-corrected chi connectivity index (χ0v) is 11.9. The van der Waals surface area contributed by atoms with Crippen molar-refractivity contribution in [1.82, 2.24) is 14.6 Å². The number of nitrogens with zero attached hydrogens (tertiary/aromatic N) is 2. The molecule has 1 aromatic heterocycles. The molecule has 0 amide bonds. The Morgan fingerprint density at radius 3 is 2.84 bits per heavy atom. The van der Waals surface area contributed by atoms with Gasteiger partial charge < -0.3 is 10.6 Å². The Kier molecular flexibility index (Phi) is 4.51. The van der Waals surface area contributed by atoms with E-state index >= 15 is 0 Å². The summed E-state index contributed by atoms with van der Waals surface area (Å²) in [6.07, 6.45) is 2.38. The Hall–Kier alpha value is -1.02. The third kappa shape index (κ3) is 3.73. The SMILES string of the molecule is CN1CCC(CNS(=O)(=O)c2ccc(CN)nc2)C1. The Balaban J connectivity index is 1.97. The quantitative estimate of drug-likeness (QED) is 0.780. The summed E-state index contributed by atoms with van der Waals surface area (Å²) in [4.78, 5) is 6.40. The van der Waals surface area contributed by atoms with Crippen LogP contribution in [0.4, 0.5) is 0 Å². The first-order valence-corrected chi connectivity index (χ1v) is 7.83. The number of rotatable bonds is 5. The molecular weight excluding hydrogens is 264 g/mol. The Morgan fingerprint density at radius 1 is 1.53 bits per heavy atom. The van der Waals surface area contributed by atoms with Gasteiger partial charge in [-0.3, -0.25) is 4.98 Å². The number of sulfonamides is 1. The van der Waals surface area contributed by atoms with Crippen LogP contribution in [0.1, 0.15) is 12.1 Å². The number of likely N-dealkylation sites (tertiary alicyclic amines) is 1. The van der Waals surface area contributed by atoms with E-state index in [1.807, 2.05) is 7.05 Å². The average molecular weight is 284 g/mol. The second-order valence-corrected chi connectivity index (χ2v) is 6.73. The van der Waals surface area contributed by atoms with Gasteiger partial charge in [-0.2, -0.15) is 0 Å². The Bertz CT molecular complexity index is 515. The number of nitrogens with two attached hydrogens (primary N) is 1. The smallest absolute Gasteiger partial charge is 0.242 e. The minimum atomic E-state index is -3.46. The van der Waals surface area contributed by atoms with Gasteiger partial charge >= 0.3 is 0 Å². The zero-order chi connectivity index (χ0) is 13.9. The molecule has 1 saturated heterocycles. The lowest BCUT2D eigenvalue weighted by Gasteiger charge is -2.12. The van der Waals surface area contributed by atoms with Crippen LogP contribution in [-0.2, 0) is 16.6 Å². The third-order valence-electron chi connectivity index (χ3n) is 3.37. The van der Waals surface area contributed by atoms with Crippen LogP contribution in [-0.4, -0.2) is 45.0 Å². The Morgan fingerprint density at radius 2 is 2.32 bits per heavy atom. The molecule has 3 N–H and O–H groups in total. The zero-order valence-electron chi connectivity index (χ0n) is 11.0. The van der Waals surface area contributed by atoms with Gasteiger partial charge in [0.15, 0.2) is 0 Å². The van der Waals surface area contributed by atoms with Crippen molar-refractivity contribution in [2.75, 3.05) is 26.7 Å². The lowest BCUT2D eigenvalue weighted by molar-refractivity contribution is 0.394. The van der Waals surface area contributed by atoms with Crippen molar-refractivity contribution >= 4 is 10.0 Å². The third-order valence-corrected chi connectivity index (χ3v) is 4.78. The van der Waals surface area contributed by atoms with Crippen LogP contribution < -0.4 is 10.5 Å². The van der Waals surface area contributed by atoms with Gasteiger partial charge in [-0.05, 0) is 38.1 Å². The molecule has 6 nitrogen and oxygen atoms in total. The predicted molar refractivity (Wildman–Crippen MR) is 72.9 cm³/mol. The molecule has 1 aliphatic heterocycles. The molecule has 7 heteroatoms. The van der Waals surface area contributed by atoms with E-state index in [9.17, 15) is 8.42 Å². The predicted octanol–water partition coefficient (Wildman–Crippen LogP) is -0.230. The van der Waals surface area contributed by atoms with Gasteiger partial charge in [-0.15, -0.1) is 0 Å². The molecule has 106 valence electrons. The van der Waals surface area contributed by atoms with E-state index in [1.54, 1.807) is 6.07 Å². The summed E-state index contributed by atoms with van der Waals surface area (Å²) >= 11 is 0. The highest BCUT2D eigenvalue weighted by Gasteiger charge is 2.22. The normalized spacial score (nSPS) is 20.8. The van der Waals surface area contributed by atoms with Crippen molar-refractivity contribution in [1.29, 1.82) is 0 Å². The number of hydrogen-bond acceptors (Lipinski definition) is 5. The first-order valence-electron chi connectivity index (χ1n) is 6.34. The van der Waals surface area contributed by atoms with E-state index in [-0.39, 0.29) is 4.90 Å². The van der Waals surface area contributed by atoms with Crippen LogP contribution in [0.2, 0.25) is 0 Å². The fourth-order valence-electron chi connectivity index (χ4n) is 2.19. The molecule has 2 heterocycles. The highest BCUT2D eigenvalue weighted by atomic mass is 32.2. The minimum absolute atomic E-state index is 0.191. The molecular formula is C12H20N4O2S. The first-order chi connectivity index (χ1) is 9.01. The maximum atomic E-state index is 12.1. The first kappa shape index (κ1) is 14.4. The molecule has 0 saturated carbocycles. The van der Waals surface area contributed by atoms with E-state index in [2.05, 4.69) is 14.6 Å². The molecule has 0 aliphatic carbocycles. The number of nitrogens with one attached hydrogen (secondary N) is 1. The molecule has 1 atom stereocenters. The van der Waals surface area contributed by atoms with Crippen LogP contribution in [0.3, 0.4) is 0 Å². The summed E-state index contributed by atoms with van der Waals surface area (Å²) in [5, 5.41) is 0. The van der Waals surface area contributed by atoms with E-state index in [1.165, 1.54) is 12.3 Å². The van der Waals surface area contributed by atoms with E-state index in [0.717, 1.165) is 19.5 Å². The van der Waals surface area contributed by atoms with E-state index in [4.69, 9.17) is 5.73 Å². The van der Waals surface area contributed by atoms with Gasteiger partial charge in [-0.1, -0.05) is 0 Å². The molecule has 19 heavy (non-hydrogen) atoms. The van der Waals surface area contributed by atoms with E-state index < -0.39 is 10.0 Å². The lowest BCUT2D eigenvalue weighted by Crippen LogP contribution is -2.30. The Labute approximate surface area is 114 Å². The average Bonchev–Trinajstić information content (AvgIpc) is 2.82. The second kappa shape index (κ2) is 5.96. The second-order valence-electron chi connectivity index (χ2n) is 4.96. The topological polar surface area (TPSA) is 88.3 Å². The molecule has 0 radical (unpaired) electrons. The van der Waals surface area contributed by atoms with Crippen molar-refractivity contribution in [2.24, 2.45) is 11.7 Å². The molecule has 2 rings (SSSR count). The molecule has 0 aromatic carbocycles. The highest BCUT2D eigenvalue weighted by molar-refractivity contribution is 7.89. The van der Waals surface area contributed by atoms with Crippen molar-refractivity contribution in [3.05, 3.63) is 24.0 Å². The molecule has 1 fully saturated rings. The monoisotopic (exact) mass is 284 g/mol. The van der Waals surface area contributed by atoms with Crippen LogP contribution in [0, 0.1) is 5.92 Å². The number of aromatic nitrogens is 1. The summed E-state index contributed by atoms with van der Waals surface area (Å²) in [5.74, 6) is 0.385. The largest absolute Gasteiger partial charge is 0.325 e. The van der Waals surface area contributed by atoms with Gasteiger partial charge in [-0.25, -0.2) is 13.1 Å². The summed E-state index contributed by atoms with van der Waals surface area (Å²) in [6, 6.07) is 3.18. The van der Waals surface area contributed by atoms with Gasteiger partial charge in [0.25, 0.3) is 0 Å². The van der Waals surface area contributed by atoms with Crippen LogP contribution in [0.25, 0.3) is 0 Å². The number of pyridine rings is 1. The van der Waals surface area contributed by atoms with Gasteiger partial charge in [0.1, 0.15) is 4.90 Å². The van der Waals surface area contributed by atoms with Crippen molar-refractivity contribution in [3.8, 4) is 0 Å². The van der Waals surface area contributed by atoms with Crippen molar-refractivity contribution in [3.63, 3.8) is 0 Å². The highest BCUT2D eigenvalue weighted by Crippen LogP contribution is 2.14. The van der Waals surface area contributed by atoms with E-state index in [0.29, 0.717) is 24.7 Å². The molecule has 1 aromatic rings. The fourth-order valence-corrected chi connectivity index (χ4v) is 3.25. The maximum absolute atomic E-state index is 12.1. The van der Waals surface area contributed by atoms with Gasteiger partial charge in [0.2, 0.25) is 10.0 Å². The fraction of sp³-hybridized carbons (Fsp3) is 0.583. The van der Waals surface area contributed by atoms with Gasteiger partial charge in [0.05, 0.1) is 5.69 Å². The van der Waals surface area contributed by atoms with Crippen LogP contribution >= 0.6 is 0 Å². The van der Waals surface area contributed by atoms with Crippen molar-refractivity contribution < 1.29 is 8.42 Å². The lowest BCUT2D eigenvalue weighted by atomic mass is 10.1. The molecule has 1 aliphatic rings. The van der Waals surface area contributed by atoms with Crippen molar-refractivity contribution in [2.45, 2.75) is 17.9 Å². The minimum Gasteiger partial charge on any atom is -0.325 e. The molecule has 0 bridgehead atoms. The maximum Gasteiger partial charge on any atom is 0.242 e. The number of hydrogen-bond donors (Lipinski definition) is 2. The molecule has 0 spiro atoms.